The summed E-state index contributed by atoms with van der Waals surface area (Å²) in [6.07, 6.45) is 1.63. The number of hydrogen-bond acceptors (Lipinski definition) is 7. The van der Waals surface area contributed by atoms with Crippen molar-refractivity contribution in [3.63, 3.8) is 0 Å². The van der Waals surface area contributed by atoms with Crippen molar-refractivity contribution in [2.75, 3.05) is 16.4 Å². The number of hydrogen-bond donors (Lipinski definition) is 3. The molecule has 0 aliphatic carbocycles. The predicted molar refractivity (Wildman–Crippen MR) is 173 cm³/mol. The molecule has 3 aromatic carbocycles. The van der Waals surface area contributed by atoms with Crippen LogP contribution in [-0.2, 0) is 9.59 Å². The van der Waals surface area contributed by atoms with Gasteiger partial charge in [0.1, 0.15) is 5.70 Å². The van der Waals surface area contributed by atoms with E-state index in [1.807, 2.05) is 52.5 Å². The standard InChI is InChI=1S/C31H23ClN4O3S3/c32-25-12-5-4-11-24(25)27-18-42-31(35-27)36-28(37)19-41-23-10-6-9-22(16-23)33-30(39)26(15-20-13-14-40-17-20)34-29(38)21-7-2-1-3-8-21/h1-18H,19H2,(H,33,39)(H,34,38)(H,35,36,37)/b26-15-. The summed E-state index contributed by atoms with van der Waals surface area (Å²) in [5.74, 6) is -0.918. The third kappa shape index (κ3) is 7.95. The summed E-state index contributed by atoms with van der Waals surface area (Å²) in [6.45, 7) is 0. The molecule has 0 fully saturated rings. The van der Waals surface area contributed by atoms with Crippen LogP contribution < -0.4 is 16.0 Å². The quantitative estimate of drug-likeness (QED) is 0.109. The predicted octanol–water partition coefficient (Wildman–Crippen LogP) is 7.67. The highest BCUT2D eigenvalue weighted by molar-refractivity contribution is 8.00. The molecule has 0 aliphatic heterocycles. The lowest BCUT2D eigenvalue weighted by atomic mass is 10.2. The average molecular weight is 631 g/mol. The number of carbonyl (C=O) groups excluding carboxylic acids is 3. The Morgan fingerprint density at radius 3 is 2.50 bits per heavy atom. The van der Waals surface area contributed by atoms with Crippen molar-refractivity contribution >= 4 is 80.7 Å². The van der Waals surface area contributed by atoms with Crippen molar-refractivity contribution in [3.05, 3.63) is 123 Å². The maximum atomic E-state index is 13.2. The first kappa shape index (κ1) is 29.3. The monoisotopic (exact) mass is 630 g/mol. The van der Waals surface area contributed by atoms with Crippen molar-refractivity contribution in [1.82, 2.24) is 10.3 Å². The lowest BCUT2D eigenvalue weighted by molar-refractivity contribution is -0.114. The molecule has 2 heterocycles. The fraction of sp³-hybridized carbons (Fsp3) is 0.0323. The number of carbonyl (C=O) groups is 3. The third-order valence-corrected chi connectivity index (χ3v) is 8.53. The van der Waals surface area contributed by atoms with Crippen LogP contribution in [0.1, 0.15) is 15.9 Å². The summed E-state index contributed by atoms with van der Waals surface area (Å²) >= 11 is 10.4. The van der Waals surface area contributed by atoms with Crippen LogP contribution in [0.2, 0.25) is 5.02 Å². The van der Waals surface area contributed by atoms with Crippen LogP contribution in [0.3, 0.4) is 0 Å². The fourth-order valence-corrected chi connectivity index (χ4v) is 6.09. The molecule has 11 heteroatoms. The Morgan fingerprint density at radius 2 is 1.71 bits per heavy atom. The Balaban J connectivity index is 1.20. The van der Waals surface area contributed by atoms with Gasteiger partial charge in [0, 0.05) is 32.1 Å². The smallest absolute Gasteiger partial charge is 0.272 e. The normalized spacial score (nSPS) is 11.1. The van der Waals surface area contributed by atoms with E-state index in [-0.39, 0.29) is 23.3 Å². The molecule has 0 radical (unpaired) electrons. The minimum Gasteiger partial charge on any atom is -0.321 e. The Labute approximate surface area is 259 Å². The van der Waals surface area contributed by atoms with Gasteiger partial charge in [-0.2, -0.15) is 11.3 Å². The molecular formula is C31H23ClN4O3S3. The van der Waals surface area contributed by atoms with Crippen LogP contribution in [0.5, 0.6) is 0 Å². The van der Waals surface area contributed by atoms with E-state index in [0.717, 1.165) is 16.0 Å². The van der Waals surface area contributed by atoms with E-state index in [1.165, 1.54) is 34.4 Å². The van der Waals surface area contributed by atoms with E-state index < -0.39 is 5.91 Å². The minimum absolute atomic E-state index is 0.110. The Kier molecular flexibility index (Phi) is 9.83. The molecule has 3 N–H and O–H groups in total. The number of nitrogens with zero attached hydrogens (tertiary/aromatic N) is 1. The molecule has 3 amide bonds. The molecule has 5 aromatic rings. The highest BCUT2D eigenvalue weighted by atomic mass is 35.5. The minimum atomic E-state index is -0.469. The maximum Gasteiger partial charge on any atom is 0.272 e. The largest absolute Gasteiger partial charge is 0.321 e. The summed E-state index contributed by atoms with van der Waals surface area (Å²) in [7, 11) is 0. The van der Waals surface area contributed by atoms with Gasteiger partial charge < -0.3 is 16.0 Å². The van der Waals surface area contributed by atoms with Crippen molar-refractivity contribution < 1.29 is 14.4 Å². The number of amides is 3. The van der Waals surface area contributed by atoms with E-state index in [0.29, 0.717) is 27.1 Å². The van der Waals surface area contributed by atoms with Crippen LogP contribution in [0.15, 0.2) is 112 Å². The Bertz CT molecular complexity index is 1740. The topological polar surface area (TPSA) is 100 Å². The molecule has 42 heavy (non-hydrogen) atoms. The molecular weight excluding hydrogens is 608 g/mol. The maximum absolute atomic E-state index is 13.2. The number of aromatic nitrogens is 1. The van der Waals surface area contributed by atoms with E-state index in [9.17, 15) is 14.4 Å². The van der Waals surface area contributed by atoms with E-state index >= 15 is 0 Å². The van der Waals surface area contributed by atoms with Crippen LogP contribution in [0.4, 0.5) is 10.8 Å². The fourth-order valence-electron chi connectivity index (χ4n) is 3.76. The number of rotatable bonds is 10. The summed E-state index contributed by atoms with van der Waals surface area (Å²) < 4.78 is 0. The number of anilines is 2. The molecule has 0 saturated carbocycles. The van der Waals surface area contributed by atoms with Gasteiger partial charge >= 0.3 is 0 Å². The van der Waals surface area contributed by atoms with Gasteiger partial charge in [-0.3, -0.25) is 14.4 Å². The van der Waals surface area contributed by atoms with Crippen LogP contribution in [0, 0.1) is 0 Å². The molecule has 0 aliphatic rings. The van der Waals surface area contributed by atoms with Gasteiger partial charge in [-0.05, 0) is 64.9 Å². The Morgan fingerprint density at radius 1 is 0.905 bits per heavy atom. The highest BCUT2D eigenvalue weighted by Crippen LogP contribution is 2.30. The molecule has 0 saturated heterocycles. The Hall–Kier alpha value is -4.22. The first-order chi connectivity index (χ1) is 20.4. The first-order valence-electron chi connectivity index (χ1n) is 12.6. The first-order valence-corrected chi connectivity index (χ1v) is 15.8. The molecule has 5 rings (SSSR count). The summed E-state index contributed by atoms with van der Waals surface area (Å²) in [5, 5.41) is 15.1. The SMILES string of the molecule is O=C(CSc1cccc(NC(=O)/C(=C/c2ccsc2)NC(=O)c2ccccc2)c1)Nc1nc(-c2ccccc2Cl)cs1. The summed E-state index contributed by atoms with van der Waals surface area (Å²) in [4.78, 5) is 43.9. The van der Waals surface area contributed by atoms with E-state index in [2.05, 4.69) is 20.9 Å². The number of nitrogens with one attached hydrogen (secondary N) is 3. The molecule has 0 bridgehead atoms. The lowest BCUT2D eigenvalue weighted by Crippen LogP contribution is -2.30. The van der Waals surface area contributed by atoms with Gasteiger partial charge in [0.05, 0.1) is 11.4 Å². The number of benzene rings is 3. The van der Waals surface area contributed by atoms with E-state index in [1.54, 1.807) is 54.6 Å². The number of thiophene rings is 1. The van der Waals surface area contributed by atoms with Crippen LogP contribution in [-0.4, -0.2) is 28.5 Å². The van der Waals surface area contributed by atoms with Gasteiger partial charge in [-0.15, -0.1) is 23.1 Å². The molecule has 210 valence electrons. The zero-order valence-corrected chi connectivity index (χ0v) is 25.1. The van der Waals surface area contributed by atoms with Gasteiger partial charge in [0.2, 0.25) is 5.91 Å². The lowest BCUT2D eigenvalue weighted by Gasteiger charge is -2.12. The molecule has 7 nitrogen and oxygen atoms in total. The van der Waals surface area contributed by atoms with E-state index in [4.69, 9.17) is 11.6 Å². The number of thioether (sulfide) groups is 1. The second-order valence-electron chi connectivity index (χ2n) is 8.77. The van der Waals surface area contributed by atoms with Crippen molar-refractivity contribution in [3.8, 4) is 11.3 Å². The summed E-state index contributed by atoms with van der Waals surface area (Å²) in [6, 6.07) is 25.1. The molecule has 2 aromatic heterocycles. The number of halogens is 1. The van der Waals surface area contributed by atoms with Gasteiger partial charge in [0.15, 0.2) is 5.13 Å². The zero-order chi connectivity index (χ0) is 29.3. The molecule has 0 spiro atoms. The molecule has 0 unspecified atom stereocenters. The van der Waals surface area contributed by atoms with Crippen molar-refractivity contribution in [1.29, 1.82) is 0 Å². The van der Waals surface area contributed by atoms with Crippen molar-refractivity contribution in [2.45, 2.75) is 4.90 Å². The van der Waals surface area contributed by atoms with Gasteiger partial charge in [-0.1, -0.05) is 54.1 Å². The van der Waals surface area contributed by atoms with Gasteiger partial charge in [-0.25, -0.2) is 4.98 Å². The van der Waals surface area contributed by atoms with Crippen molar-refractivity contribution in [2.24, 2.45) is 0 Å². The molecule has 0 atom stereocenters. The highest BCUT2D eigenvalue weighted by Gasteiger charge is 2.16. The van der Waals surface area contributed by atoms with Crippen LogP contribution in [0.25, 0.3) is 17.3 Å². The summed E-state index contributed by atoms with van der Waals surface area (Å²) in [5.41, 5.74) is 3.38. The second-order valence-corrected chi connectivity index (χ2v) is 11.9. The zero-order valence-electron chi connectivity index (χ0n) is 21.9. The number of thiazole rings is 1. The average Bonchev–Trinajstić information content (AvgIpc) is 3.69. The third-order valence-electron chi connectivity index (χ3n) is 5.75. The van der Waals surface area contributed by atoms with Crippen LogP contribution >= 0.6 is 46.0 Å². The van der Waals surface area contributed by atoms with Gasteiger partial charge in [0.25, 0.3) is 11.8 Å². The second kappa shape index (κ2) is 14.1.